The second-order valence-electron chi connectivity index (χ2n) is 4.56. The molecule has 0 spiro atoms. The van der Waals surface area contributed by atoms with Crippen molar-refractivity contribution in [3.8, 4) is 0 Å². The van der Waals surface area contributed by atoms with Crippen molar-refractivity contribution in [2.45, 2.75) is 38.8 Å². The van der Waals surface area contributed by atoms with E-state index >= 15 is 0 Å². The van der Waals surface area contributed by atoms with Crippen LogP contribution in [0.25, 0.3) is 0 Å². The number of aromatic nitrogens is 1. The van der Waals surface area contributed by atoms with Gasteiger partial charge in [-0.25, -0.2) is 4.98 Å². The van der Waals surface area contributed by atoms with Crippen molar-refractivity contribution in [2.75, 3.05) is 18.6 Å². The van der Waals surface area contributed by atoms with Gasteiger partial charge in [0.05, 0.1) is 6.54 Å². The van der Waals surface area contributed by atoms with E-state index < -0.39 is 0 Å². The summed E-state index contributed by atoms with van der Waals surface area (Å²) in [4.78, 5) is 10.0. The molecule has 4 nitrogen and oxygen atoms in total. The Labute approximate surface area is 146 Å². The summed E-state index contributed by atoms with van der Waals surface area (Å²) in [6.07, 6.45) is 5.57. The van der Waals surface area contributed by atoms with Gasteiger partial charge in [-0.3, -0.25) is 4.99 Å². The summed E-state index contributed by atoms with van der Waals surface area (Å²) in [6.45, 7) is 2.91. The zero-order valence-corrected chi connectivity index (χ0v) is 16.0. The van der Waals surface area contributed by atoms with E-state index in [1.807, 2.05) is 25.0 Å². The summed E-state index contributed by atoms with van der Waals surface area (Å²) >= 11 is 3.79. The molecule has 2 N–H and O–H groups in total. The smallest absolute Gasteiger partial charge is 0.191 e. The molecule has 1 aliphatic heterocycles. The first-order chi connectivity index (χ1) is 9.31. The summed E-state index contributed by atoms with van der Waals surface area (Å²) in [6, 6.07) is 0.549. The van der Waals surface area contributed by atoms with Gasteiger partial charge in [-0.1, -0.05) is 6.92 Å². The number of thioether (sulfide) groups is 1. The molecule has 1 atom stereocenters. The molecule has 114 valence electrons. The minimum absolute atomic E-state index is 0. The average Bonchev–Trinajstić information content (AvgIpc) is 2.92. The monoisotopic (exact) mass is 426 g/mol. The van der Waals surface area contributed by atoms with E-state index in [0.29, 0.717) is 6.04 Å². The maximum atomic E-state index is 4.41. The second-order valence-corrected chi connectivity index (χ2v) is 6.91. The number of nitrogens with zero attached hydrogens (tertiary/aromatic N) is 2. The highest BCUT2D eigenvalue weighted by Gasteiger charge is 2.14. The van der Waals surface area contributed by atoms with Gasteiger partial charge in [0, 0.05) is 29.9 Å². The van der Waals surface area contributed by atoms with Crippen LogP contribution in [0.1, 0.15) is 29.7 Å². The largest absolute Gasteiger partial charge is 0.353 e. The highest BCUT2D eigenvalue weighted by atomic mass is 127. The van der Waals surface area contributed by atoms with Crippen LogP contribution in [0.2, 0.25) is 0 Å². The van der Waals surface area contributed by atoms with Crippen LogP contribution in [-0.4, -0.2) is 35.5 Å². The normalized spacial score (nSPS) is 19.3. The Hall–Kier alpha value is -0.0200. The molecule has 1 aliphatic rings. The van der Waals surface area contributed by atoms with E-state index in [1.165, 1.54) is 29.2 Å². The lowest BCUT2D eigenvalue weighted by atomic mass is 10.2. The van der Waals surface area contributed by atoms with Crippen LogP contribution in [0.15, 0.2) is 11.2 Å². The number of aliphatic imine (C=N–C) groups is 1. The number of rotatable bonds is 4. The topological polar surface area (TPSA) is 49.3 Å². The molecule has 0 aliphatic carbocycles. The van der Waals surface area contributed by atoms with E-state index in [0.717, 1.165) is 23.9 Å². The molecule has 0 radical (unpaired) electrons. The zero-order chi connectivity index (χ0) is 13.5. The fourth-order valence-electron chi connectivity index (χ4n) is 2.00. The molecule has 1 aromatic rings. The highest BCUT2D eigenvalue weighted by Crippen LogP contribution is 2.17. The Morgan fingerprint density at radius 3 is 3.00 bits per heavy atom. The number of thiazole rings is 1. The predicted octanol–water partition coefficient (Wildman–Crippen LogP) is 2.88. The van der Waals surface area contributed by atoms with Crippen molar-refractivity contribution < 1.29 is 0 Å². The van der Waals surface area contributed by atoms with Gasteiger partial charge < -0.3 is 10.6 Å². The van der Waals surface area contributed by atoms with Gasteiger partial charge in [0.25, 0.3) is 0 Å². The van der Waals surface area contributed by atoms with Crippen molar-refractivity contribution >= 4 is 53.0 Å². The lowest BCUT2D eigenvalue weighted by molar-refractivity contribution is 0.582. The first kappa shape index (κ1) is 18.0. The summed E-state index contributed by atoms with van der Waals surface area (Å²) in [7, 11) is 1.82. The summed E-state index contributed by atoms with van der Waals surface area (Å²) in [5.41, 5.74) is 0. The first-order valence-electron chi connectivity index (χ1n) is 6.80. The number of hydrogen-bond donors (Lipinski definition) is 2. The molecule has 0 aromatic carbocycles. The molecule has 2 heterocycles. The zero-order valence-electron chi connectivity index (χ0n) is 12.0. The predicted molar refractivity (Wildman–Crippen MR) is 101 cm³/mol. The lowest BCUT2D eigenvalue weighted by Crippen LogP contribution is -2.45. The van der Waals surface area contributed by atoms with E-state index in [-0.39, 0.29) is 24.0 Å². The maximum Gasteiger partial charge on any atom is 0.191 e. The minimum Gasteiger partial charge on any atom is -0.353 e. The Morgan fingerprint density at radius 1 is 1.55 bits per heavy atom. The first-order valence-corrected chi connectivity index (χ1v) is 8.77. The molecule has 1 aromatic heterocycles. The molecular formula is C13H23IN4S2. The number of hydrogen-bond acceptors (Lipinski definition) is 4. The quantitative estimate of drug-likeness (QED) is 0.442. The van der Waals surface area contributed by atoms with Gasteiger partial charge in [0.15, 0.2) is 5.96 Å². The van der Waals surface area contributed by atoms with Crippen molar-refractivity contribution in [1.29, 1.82) is 0 Å². The SMILES string of the molecule is CCc1cnc(CNC(=NC)NC2CCCSC2)s1.I. The summed E-state index contributed by atoms with van der Waals surface area (Å²) < 4.78 is 0. The highest BCUT2D eigenvalue weighted by molar-refractivity contribution is 14.0. The number of nitrogens with one attached hydrogen (secondary N) is 2. The van der Waals surface area contributed by atoms with Crippen LogP contribution < -0.4 is 10.6 Å². The third-order valence-electron chi connectivity index (χ3n) is 3.08. The molecule has 1 unspecified atom stereocenters. The third kappa shape index (κ3) is 5.77. The maximum absolute atomic E-state index is 4.41. The van der Waals surface area contributed by atoms with Gasteiger partial charge in [0.1, 0.15) is 5.01 Å². The van der Waals surface area contributed by atoms with Crippen LogP contribution in [0.5, 0.6) is 0 Å². The summed E-state index contributed by atoms with van der Waals surface area (Å²) in [5, 5.41) is 7.96. The van der Waals surface area contributed by atoms with Crippen molar-refractivity contribution in [1.82, 2.24) is 15.6 Å². The van der Waals surface area contributed by atoms with Gasteiger partial charge in [-0.05, 0) is 25.0 Å². The number of halogens is 1. The molecule has 1 fully saturated rings. The van der Waals surface area contributed by atoms with E-state index in [9.17, 15) is 0 Å². The van der Waals surface area contributed by atoms with Gasteiger partial charge in [0.2, 0.25) is 0 Å². The van der Waals surface area contributed by atoms with Gasteiger partial charge >= 0.3 is 0 Å². The van der Waals surface area contributed by atoms with Crippen molar-refractivity contribution in [2.24, 2.45) is 4.99 Å². The van der Waals surface area contributed by atoms with E-state index in [2.05, 4.69) is 27.5 Å². The van der Waals surface area contributed by atoms with Crippen molar-refractivity contribution in [3.05, 3.63) is 16.1 Å². The Morgan fingerprint density at radius 2 is 2.40 bits per heavy atom. The Kier molecular flexibility index (Phi) is 8.86. The van der Waals surface area contributed by atoms with E-state index in [4.69, 9.17) is 0 Å². The Balaban J connectivity index is 0.00000200. The van der Waals surface area contributed by atoms with Crippen molar-refractivity contribution in [3.63, 3.8) is 0 Å². The van der Waals surface area contributed by atoms with Gasteiger partial charge in [-0.2, -0.15) is 11.8 Å². The van der Waals surface area contributed by atoms with E-state index in [1.54, 1.807) is 11.3 Å². The van der Waals surface area contributed by atoms with Crippen LogP contribution in [0.4, 0.5) is 0 Å². The third-order valence-corrected chi connectivity index (χ3v) is 5.44. The van der Waals surface area contributed by atoms with Crippen LogP contribution in [-0.2, 0) is 13.0 Å². The Bertz CT molecular complexity index is 416. The molecule has 0 bridgehead atoms. The minimum atomic E-state index is 0. The molecule has 0 saturated carbocycles. The number of guanidine groups is 1. The number of aryl methyl sites for hydroxylation is 1. The molecule has 1 saturated heterocycles. The lowest BCUT2D eigenvalue weighted by Gasteiger charge is -2.24. The van der Waals surface area contributed by atoms with Crippen LogP contribution >= 0.6 is 47.1 Å². The average molecular weight is 426 g/mol. The molecule has 2 rings (SSSR count). The second kappa shape index (κ2) is 9.83. The standard InChI is InChI=1S/C13H22N4S2.HI/c1-3-11-7-15-12(19-11)8-16-13(14-2)17-10-5-4-6-18-9-10;/h7,10H,3-6,8-9H2,1-2H3,(H2,14,16,17);1H. The van der Waals surface area contributed by atoms with Crippen LogP contribution in [0, 0.1) is 0 Å². The summed E-state index contributed by atoms with van der Waals surface area (Å²) in [5.74, 6) is 3.36. The molecular weight excluding hydrogens is 403 g/mol. The molecule has 7 heteroatoms. The van der Waals surface area contributed by atoms with Gasteiger partial charge in [-0.15, -0.1) is 35.3 Å². The molecule has 20 heavy (non-hydrogen) atoms. The molecule has 0 amide bonds. The van der Waals surface area contributed by atoms with Crippen LogP contribution in [0.3, 0.4) is 0 Å². The fourth-order valence-corrected chi connectivity index (χ4v) is 3.87. The fraction of sp³-hybridized carbons (Fsp3) is 0.692.